The fraction of sp³-hybridized carbons (Fsp3) is 0.109. The molecule has 0 fully saturated rings. The lowest BCUT2D eigenvalue weighted by Crippen LogP contribution is -1.94. The van der Waals surface area contributed by atoms with Gasteiger partial charge < -0.3 is 19.0 Å². The summed E-state index contributed by atoms with van der Waals surface area (Å²) in [5, 5.41) is 13.4. The molecule has 0 atom stereocenters. The molecule has 10 aromatic rings. The van der Waals surface area contributed by atoms with Crippen molar-refractivity contribution in [3.63, 3.8) is 0 Å². The zero-order valence-electron chi connectivity index (χ0n) is 35.9. The van der Waals surface area contributed by atoms with Crippen LogP contribution in [0.1, 0.15) is 41.5 Å². The van der Waals surface area contributed by atoms with E-state index in [1.165, 1.54) is 17.0 Å². The minimum atomic E-state index is 0.870. The Labute approximate surface area is 358 Å². The van der Waals surface area contributed by atoms with E-state index < -0.39 is 0 Å². The molecule has 6 heteroatoms. The summed E-state index contributed by atoms with van der Waals surface area (Å²) in [5.74, 6) is 0. The van der Waals surface area contributed by atoms with Gasteiger partial charge in [0, 0.05) is 69.0 Å². The Morgan fingerprint density at radius 1 is 0.607 bits per heavy atom. The SMILES string of the molecule is C=C(C)/C=C\C=N.C=C/C=C\C.CC.CC.c1ccc(-n2c3ccncc3c3cc(-c4ccc5oc6c(-n7c8ccccc8c8cnccc87)cccc6c5c4)ccc32)cc1. The summed E-state index contributed by atoms with van der Waals surface area (Å²) >= 11 is 0. The van der Waals surface area contributed by atoms with E-state index in [1.54, 1.807) is 18.2 Å². The molecule has 0 saturated carbocycles. The molecule has 0 unspecified atom stereocenters. The minimum Gasteiger partial charge on any atom is -0.454 e. The molecule has 6 nitrogen and oxygen atoms in total. The zero-order valence-corrected chi connectivity index (χ0v) is 35.9. The number of aromatic nitrogens is 4. The van der Waals surface area contributed by atoms with Crippen molar-refractivity contribution in [2.45, 2.75) is 41.5 Å². The van der Waals surface area contributed by atoms with Gasteiger partial charge in [-0.05, 0) is 91.7 Å². The Kier molecular flexibility index (Phi) is 14.4. The van der Waals surface area contributed by atoms with Crippen molar-refractivity contribution in [1.82, 2.24) is 19.1 Å². The second-order valence-corrected chi connectivity index (χ2v) is 13.6. The molecular formula is C55H53N5O. The number of furan rings is 1. The Hall–Kier alpha value is -7.57. The maximum Gasteiger partial charge on any atom is 0.159 e. The van der Waals surface area contributed by atoms with Crippen molar-refractivity contribution in [2.24, 2.45) is 0 Å². The number of nitrogens with zero attached hydrogens (tertiary/aromatic N) is 4. The number of para-hydroxylation sites is 3. The van der Waals surface area contributed by atoms with Crippen molar-refractivity contribution in [3.05, 3.63) is 195 Å². The van der Waals surface area contributed by atoms with Gasteiger partial charge in [-0.25, -0.2) is 0 Å². The summed E-state index contributed by atoms with van der Waals surface area (Å²) in [4.78, 5) is 8.89. The quantitative estimate of drug-likeness (QED) is 0.134. The summed E-state index contributed by atoms with van der Waals surface area (Å²) in [6.07, 6.45) is 17.9. The number of allylic oxidation sites excluding steroid dienone is 6. The van der Waals surface area contributed by atoms with E-state index in [4.69, 9.17) is 9.83 Å². The highest BCUT2D eigenvalue weighted by Crippen LogP contribution is 2.40. The van der Waals surface area contributed by atoms with Crippen LogP contribution in [0, 0.1) is 5.41 Å². The van der Waals surface area contributed by atoms with Crippen LogP contribution in [0.3, 0.4) is 0 Å². The number of fused-ring (bicyclic) bond motifs is 9. The van der Waals surface area contributed by atoms with Crippen LogP contribution in [0.2, 0.25) is 0 Å². The van der Waals surface area contributed by atoms with Crippen molar-refractivity contribution in [2.75, 3.05) is 0 Å². The first-order valence-corrected chi connectivity index (χ1v) is 20.8. The highest BCUT2D eigenvalue weighted by atomic mass is 16.3. The van der Waals surface area contributed by atoms with E-state index in [-0.39, 0.29) is 0 Å². The number of hydrogen-bond acceptors (Lipinski definition) is 4. The lowest BCUT2D eigenvalue weighted by Gasteiger charge is -2.08. The average Bonchev–Trinajstić information content (AvgIpc) is 3.98. The van der Waals surface area contributed by atoms with Gasteiger partial charge in [-0.3, -0.25) is 9.97 Å². The first-order chi connectivity index (χ1) is 30.0. The van der Waals surface area contributed by atoms with Gasteiger partial charge in [0.15, 0.2) is 5.58 Å². The lowest BCUT2D eigenvalue weighted by atomic mass is 10.0. The molecule has 5 heterocycles. The monoisotopic (exact) mass is 799 g/mol. The maximum absolute atomic E-state index is 6.63. The molecule has 0 aliphatic rings. The Morgan fingerprint density at radius 2 is 1.20 bits per heavy atom. The third kappa shape index (κ3) is 8.75. The van der Waals surface area contributed by atoms with Crippen LogP contribution in [0.15, 0.2) is 200 Å². The standard InChI is InChI=1S/C40H24N4O.C6H9N.C5H8.2C2H6/c1-2-7-27(8-3-1)43-35-15-13-25(21-30(35)33-24-42-19-17-36(33)43)26-14-16-39-31(22-26)29-10-6-12-38(40(29)45-39)44-34-11-5-4-9-28(34)32-23-41-20-18-37(32)44;1-6(2)4-3-5-7;1-3-5-4-2;2*1-2/h1-24H;3-5,7H,1H2,2H3;3-5H,1H2,2H3;2*1-2H3/b;4-3-,7-5?;5-4-;;. The highest BCUT2D eigenvalue weighted by molar-refractivity contribution is 6.14. The highest BCUT2D eigenvalue weighted by Gasteiger charge is 2.18. The predicted molar refractivity (Wildman–Crippen MR) is 264 cm³/mol. The summed E-state index contributed by atoms with van der Waals surface area (Å²) in [7, 11) is 0. The number of nitrogens with one attached hydrogen (secondary N) is 1. The molecule has 0 aliphatic heterocycles. The largest absolute Gasteiger partial charge is 0.454 e. The summed E-state index contributed by atoms with van der Waals surface area (Å²) in [5.41, 5.74) is 11.7. The van der Waals surface area contributed by atoms with E-state index >= 15 is 0 Å². The lowest BCUT2D eigenvalue weighted by molar-refractivity contribution is 0.666. The molecule has 0 amide bonds. The number of rotatable bonds is 6. The van der Waals surface area contributed by atoms with Crippen LogP contribution in [-0.4, -0.2) is 25.3 Å². The topological polar surface area (TPSA) is 72.6 Å². The minimum absolute atomic E-state index is 0.870. The van der Waals surface area contributed by atoms with E-state index in [0.29, 0.717) is 0 Å². The molecule has 0 bridgehead atoms. The molecule has 5 aromatic carbocycles. The summed E-state index contributed by atoms with van der Waals surface area (Å²) < 4.78 is 11.2. The third-order valence-corrected chi connectivity index (χ3v) is 9.91. The molecule has 1 N–H and O–H groups in total. The van der Waals surface area contributed by atoms with Gasteiger partial charge in [-0.2, -0.15) is 0 Å². The van der Waals surface area contributed by atoms with Crippen molar-refractivity contribution >= 4 is 71.8 Å². The fourth-order valence-electron chi connectivity index (χ4n) is 7.46. The zero-order chi connectivity index (χ0) is 43.3. The second-order valence-electron chi connectivity index (χ2n) is 13.6. The van der Waals surface area contributed by atoms with Crippen LogP contribution in [0.25, 0.3) is 88.1 Å². The average molecular weight is 800 g/mol. The Bertz CT molecular complexity index is 3100. The first-order valence-electron chi connectivity index (χ1n) is 20.8. The van der Waals surface area contributed by atoms with Crippen LogP contribution in [0.5, 0.6) is 0 Å². The van der Waals surface area contributed by atoms with Gasteiger partial charge in [0.25, 0.3) is 0 Å². The van der Waals surface area contributed by atoms with Crippen molar-refractivity contribution < 1.29 is 4.42 Å². The van der Waals surface area contributed by atoms with Gasteiger partial charge in [-0.1, -0.05) is 131 Å². The Balaban J connectivity index is 0.000000339. The molecular weight excluding hydrogens is 747 g/mol. The van der Waals surface area contributed by atoms with Gasteiger partial charge in [-0.15, -0.1) is 0 Å². The number of benzene rings is 5. The van der Waals surface area contributed by atoms with E-state index in [9.17, 15) is 0 Å². The van der Waals surface area contributed by atoms with E-state index in [0.717, 1.165) is 82.9 Å². The maximum atomic E-state index is 6.63. The predicted octanol–water partition coefficient (Wildman–Crippen LogP) is 15.8. The van der Waals surface area contributed by atoms with Crippen LogP contribution in [0.4, 0.5) is 0 Å². The van der Waals surface area contributed by atoms with Gasteiger partial charge >= 0.3 is 0 Å². The molecule has 0 aliphatic carbocycles. The third-order valence-electron chi connectivity index (χ3n) is 9.91. The normalized spacial score (nSPS) is 10.9. The summed E-state index contributed by atoms with van der Waals surface area (Å²) in [6.45, 7) is 18.9. The van der Waals surface area contributed by atoms with Gasteiger partial charge in [0.2, 0.25) is 0 Å². The molecule has 304 valence electrons. The first kappa shape index (κ1) is 43.0. The van der Waals surface area contributed by atoms with Crippen molar-refractivity contribution in [1.29, 1.82) is 5.41 Å². The molecule has 0 spiro atoms. The smallest absolute Gasteiger partial charge is 0.159 e. The van der Waals surface area contributed by atoms with Crippen LogP contribution < -0.4 is 0 Å². The molecule has 0 saturated heterocycles. The Morgan fingerprint density at radius 3 is 1.84 bits per heavy atom. The van der Waals surface area contributed by atoms with Crippen LogP contribution >= 0.6 is 0 Å². The second kappa shape index (κ2) is 20.4. The number of hydrogen-bond donors (Lipinski definition) is 1. The molecule has 5 aromatic heterocycles. The van der Waals surface area contributed by atoms with Crippen molar-refractivity contribution in [3.8, 4) is 22.5 Å². The van der Waals surface area contributed by atoms with Gasteiger partial charge in [0.1, 0.15) is 5.58 Å². The summed E-state index contributed by atoms with van der Waals surface area (Å²) in [6, 6.07) is 42.8. The fourth-order valence-corrected chi connectivity index (χ4v) is 7.46. The van der Waals surface area contributed by atoms with Gasteiger partial charge in [0.05, 0.1) is 27.8 Å². The van der Waals surface area contributed by atoms with E-state index in [2.05, 4.69) is 154 Å². The molecule has 0 radical (unpaired) electrons. The van der Waals surface area contributed by atoms with Crippen LogP contribution in [-0.2, 0) is 0 Å². The molecule has 61 heavy (non-hydrogen) atoms. The molecule has 10 rings (SSSR count). The number of pyridine rings is 2. The van der Waals surface area contributed by atoms with E-state index in [1.807, 2.05) is 78.5 Å².